The Morgan fingerprint density at radius 1 is 1.67 bits per heavy atom. The Hall–Kier alpha value is -1.74. The van der Waals surface area contributed by atoms with E-state index in [2.05, 4.69) is 9.72 Å². The molecule has 18 heavy (non-hydrogen) atoms. The largest absolute Gasteiger partial charge is 0.469 e. The predicted octanol–water partition coefficient (Wildman–Crippen LogP) is 2.35. The SMILES string of the molecule is COC(=O)Cc1c(CCl)cnc(C(F)F)c1C#N. The molecule has 0 aliphatic rings. The molecule has 96 valence electrons. The minimum absolute atomic E-state index is 0.0302. The van der Waals surface area contributed by atoms with Crippen molar-refractivity contribution in [2.24, 2.45) is 0 Å². The summed E-state index contributed by atoms with van der Waals surface area (Å²) in [6.07, 6.45) is -2.03. The van der Waals surface area contributed by atoms with Gasteiger partial charge in [-0.15, -0.1) is 11.6 Å². The van der Waals surface area contributed by atoms with Crippen LogP contribution in [0.3, 0.4) is 0 Å². The summed E-state index contributed by atoms with van der Waals surface area (Å²) < 4.78 is 29.8. The van der Waals surface area contributed by atoms with Gasteiger partial charge in [0.15, 0.2) is 0 Å². The number of carbonyl (C=O) groups excluding carboxylic acids is 1. The predicted molar refractivity (Wildman–Crippen MR) is 59.2 cm³/mol. The van der Waals surface area contributed by atoms with Crippen molar-refractivity contribution in [1.29, 1.82) is 5.26 Å². The van der Waals surface area contributed by atoms with Gasteiger partial charge in [0, 0.05) is 12.1 Å². The molecule has 4 nitrogen and oxygen atoms in total. The third-order valence-corrected chi connectivity index (χ3v) is 2.60. The molecule has 0 amide bonds. The van der Waals surface area contributed by atoms with Crippen LogP contribution in [-0.4, -0.2) is 18.1 Å². The molecule has 0 bridgehead atoms. The maximum atomic E-state index is 12.7. The van der Waals surface area contributed by atoms with Crippen LogP contribution in [0.4, 0.5) is 8.78 Å². The van der Waals surface area contributed by atoms with Gasteiger partial charge < -0.3 is 4.74 Å². The normalized spacial score (nSPS) is 10.2. The molecule has 0 N–H and O–H groups in total. The van der Waals surface area contributed by atoms with E-state index in [9.17, 15) is 13.6 Å². The van der Waals surface area contributed by atoms with Gasteiger partial charge in [-0.05, 0) is 11.1 Å². The van der Waals surface area contributed by atoms with E-state index in [1.807, 2.05) is 0 Å². The van der Waals surface area contributed by atoms with E-state index in [-0.39, 0.29) is 23.4 Å². The lowest BCUT2D eigenvalue weighted by molar-refractivity contribution is -0.139. The third-order valence-electron chi connectivity index (χ3n) is 2.32. The molecule has 0 aliphatic carbocycles. The lowest BCUT2D eigenvalue weighted by Crippen LogP contribution is -2.11. The molecule has 0 fully saturated rings. The summed E-state index contributed by atoms with van der Waals surface area (Å²) in [5.41, 5.74) is -0.452. The van der Waals surface area contributed by atoms with Crippen LogP contribution in [0.2, 0.25) is 0 Å². The highest BCUT2D eigenvalue weighted by atomic mass is 35.5. The first-order chi connectivity index (χ1) is 8.54. The first kappa shape index (κ1) is 14.3. The molecular formula is C11H9ClF2N2O2. The summed E-state index contributed by atoms with van der Waals surface area (Å²) in [5.74, 6) is -0.665. The number of nitriles is 1. The number of nitrogens with zero attached hydrogens (tertiary/aromatic N) is 2. The Kier molecular flexibility index (Phi) is 4.98. The fourth-order valence-electron chi connectivity index (χ4n) is 1.43. The van der Waals surface area contributed by atoms with Gasteiger partial charge >= 0.3 is 5.97 Å². The highest BCUT2D eigenvalue weighted by Crippen LogP contribution is 2.26. The van der Waals surface area contributed by atoms with Crippen molar-refractivity contribution < 1.29 is 18.3 Å². The lowest BCUT2D eigenvalue weighted by Gasteiger charge is -2.11. The second-order valence-electron chi connectivity index (χ2n) is 3.32. The van der Waals surface area contributed by atoms with Crippen molar-refractivity contribution >= 4 is 17.6 Å². The molecule has 0 aromatic carbocycles. The second-order valence-corrected chi connectivity index (χ2v) is 3.59. The molecule has 0 saturated carbocycles. The maximum Gasteiger partial charge on any atom is 0.310 e. The number of hydrogen-bond acceptors (Lipinski definition) is 4. The number of rotatable bonds is 4. The Bertz CT molecular complexity index is 501. The van der Waals surface area contributed by atoms with Gasteiger partial charge in [-0.1, -0.05) is 0 Å². The zero-order valence-electron chi connectivity index (χ0n) is 9.41. The van der Waals surface area contributed by atoms with E-state index in [4.69, 9.17) is 16.9 Å². The smallest absolute Gasteiger partial charge is 0.310 e. The Balaban J connectivity index is 3.38. The number of carbonyl (C=O) groups is 1. The molecule has 1 aromatic rings. The van der Waals surface area contributed by atoms with Crippen LogP contribution in [0.5, 0.6) is 0 Å². The van der Waals surface area contributed by atoms with Crippen LogP contribution in [0.25, 0.3) is 0 Å². The lowest BCUT2D eigenvalue weighted by atomic mass is 10.00. The zero-order chi connectivity index (χ0) is 13.7. The molecule has 0 unspecified atom stereocenters. The quantitative estimate of drug-likeness (QED) is 0.624. The number of hydrogen-bond donors (Lipinski definition) is 0. The van der Waals surface area contributed by atoms with E-state index >= 15 is 0 Å². The number of alkyl halides is 3. The third kappa shape index (κ3) is 2.93. The van der Waals surface area contributed by atoms with E-state index < -0.39 is 18.1 Å². The van der Waals surface area contributed by atoms with Crippen molar-refractivity contribution in [3.8, 4) is 6.07 Å². The standard InChI is InChI=1S/C11H9ClF2N2O2/c1-18-9(17)2-7-6(3-12)5-16-10(11(13)14)8(7)4-15/h5,11H,2-3H2,1H3. The van der Waals surface area contributed by atoms with Gasteiger partial charge in [0.2, 0.25) is 0 Å². The molecule has 0 spiro atoms. The number of halogens is 3. The van der Waals surface area contributed by atoms with E-state index in [0.717, 1.165) is 6.20 Å². The van der Waals surface area contributed by atoms with Gasteiger partial charge in [-0.25, -0.2) is 8.78 Å². The second kappa shape index (κ2) is 6.26. The monoisotopic (exact) mass is 274 g/mol. The first-order valence-electron chi connectivity index (χ1n) is 4.86. The van der Waals surface area contributed by atoms with Crippen molar-refractivity contribution in [1.82, 2.24) is 4.98 Å². The van der Waals surface area contributed by atoms with Crippen LogP contribution < -0.4 is 0 Å². The van der Waals surface area contributed by atoms with Gasteiger partial charge in [0.25, 0.3) is 6.43 Å². The van der Waals surface area contributed by atoms with Crippen molar-refractivity contribution in [3.05, 3.63) is 28.6 Å². The van der Waals surface area contributed by atoms with E-state index in [1.165, 1.54) is 7.11 Å². The topological polar surface area (TPSA) is 63.0 Å². The van der Waals surface area contributed by atoms with Crippen LogP contribution in [0.15, 0.2) is 6.20 Å². The van der Waals surface area contributed by atoms with E-state index in [0.29, 0.717) is 5.56 Å². The Labute approximate surface area is 107 Å². The number of pyridine rings is 1. The summed E-state index contributed by atoms with van der Waals surface area (Å²) in [4.78, 5) is 14.7. The molecule has 1 aromatic heterocycles. The highest BCUT2D eigenvalue weighted by Gasteiger charge is 2.22. The highest BCUT2D eigenvalue weighted by molar-refractivity contribution is 6.17. The first-order valence-corrected chi connectivity index (χ1v) is 5.40. The summed E-state index contributed by atoms with van der Waals surface area (Å²) >= 11 is 5.63. The molecule has 7 heteroatoms. The van der Waals surface area contributed by atoms with Crippen LogP contribution in [-0.2, 0) is 21.8 Å². The summed E-state index contributed by atoms with van der Waals surface area (Å²) in [7, 11) is 1.17. The summed E-state index contributed by atoms with van der Waals surface area (Å²) in [5, 5.41) is 8.94. The number of aromatic nitrogens is 1. The van der Waals surface area contributed by atoms with Crippen LogP contribution >= 0.6 is 11.6 Å². The Morgan fingerprint density at radius 3 is 2.78 bits per heavy atom. The fraction of sp³-hybridized carbons (Fsp3) is 0.364. The number of esters is 1. The molecule has 0 radical (unpaired) electrons. The van der Waals surface area contributed by atoms with Crippen LogP contribution in [0.1, 0.15) is 28.8 Å². The number of ether oxygens (including phenoxy) is 1. The molecule has 1 heterocycles. The molecule has 0 saturated heterocycles. The molecule has 1 rings (SSSR count). The zero-order valence-corrected chi connectivity index (χ0v) is 10.2. The Morgan fingerprint density at radius 2 is 2.33 bits per heavy atom. The van der Waals surface area contributed by atoms with E-state index in [1.54, 1.807) is 6.07 Å². The van der Waals surface area contributed by atoms with Gasteiger partial charge in [0.05, 0.1) is 19.1 Å². The van der Waals surface area contributed by atoms with Gasteiger partial charge in [0.1, 0.15) is 11.8 Å². The minimum Gasteiger partial charge on any atom is -0.469 e. The fourth-order valence-corrected chi connectivity index (χ4v) is 1.66. The minimum atomic E-state index is -2.89. The molecular weight excluding hydrogens is 266 g/mol. The summed E-state index contributed by atoms with van der Waals surface area (Å²) in [6.45, 7) is 0. The molecule has 0 atom stereocenters. The van der Waals surface area contributed by atoms with Crippen molar-refractivity contribution in [3.63, 3.8) is 0 Å². The van der Waals surface area contributed by atoms with Crippen LogP contribution in [0, 0.1) is 11.3 Å². The summed E-state index contributed by atoms with van der Waals surface area (Å²) in [6, 6.07) is 1.64. The molecule has 0 aliphatic heterocycles. The average molecular weight is 275 g/mol. The number of methoxy groups -OCH3 is 1. The maximum absolute atomic E-state index is 12.7. The van der Waals surface area contributed by atoms with Gasteiger partial charge in [-0.3, -0.25) is 9.78 Å². The van der Waals surface area contributed by atoms with Crippen molar-refractivity contribution in [2.45, 2.75) is 18.7 Å². The average Bonchev–Trinajstić information content (AvgIpc) is 2.37. The van der Waals surface area contributed by atoms with Gasteiger partial charge in [-0.2, -0.15) is 5.26 Å². The van der Waals surface area contributed by atoms with Crippen molar-refractivity contribution in [2.75, 3.05) is 7.11 Å².